The second-order valence-electron chi connectivity index (χ2n) is 6.31. The number of aromatic nitrogens is 1. The van der Waals surface area contributed by atoms with Crippen molar-refractivity contribution >= 4 is 55.1 Å². The molecule has 1 amide bonds. The van der Waals surface area contributed by atoms with Gasteiger partial charge in [0.05, 0.1) is 45.0 Å². The molecule has 0 bridgehead atoms. The topological polar surface area (TPSA) is 122 Å². The lowest BCUT2D eigenvalue weighted by Gasteiger charge is -2.13. The molecule has 32 heavy (non-hydrogen) atoms. The first-order chi connectivity index (χ1) is 15.5. The van der Waals surface area contributed by atoms with Crippen LogP contribution >= 0.6 is 22.7 Å². The van der Waals surface area contributed by atoms with Crippen LogP contribution in [0.4, 0.5) is 10.1 Å². The Bertz CT molecular complexity index is 1390. The van der Waals surface area contributed by atoms with Gasteiger partial charge in [-0.2, -0.15) is 15.4 Å². The Morgan fingerprint density at radius 2 is 2.00 bits per heavy atom. The molecule has 11 heteroatoms. The highest BCUT2D eigenvalue weighted by atomic mass is 32.1. The minimum atomic E-state index is -0.484. The molecule has 158 valence electrons. The van der Waals surface area contributed by atoms with E-state index in [1.165, 1.54) is 35.8 Å². The monoisotopic (exact) mass is 463 g/mol. The van der Waals surface area contributed by atoms with E-state index in [-0.39, 0.29) is 5.00 Å². The fourth-order valence-electron chi connectivity index (χ4n) is 2.73. The summed E-state index contributed by atoms with van der Waals surface area (Å²) in [7, 11) is 1.56. The number of benzene rings is 2. The summed E-state index contributed by atoms with van der Waals surface area (Å²) in [5.41, 5.74) is 1.41. The third kappa shape index (κ3) is 4.31. The molecule has 0 aliphatic carbocycles. The van der Waals surface area contributed by atoms with Crippen molar-refractivity contribution in [1.82, 2.24) is 4.98 Å². The first-order valence-electron chi connectivity index (χ1n) is 9.06. The second kappa shape index (κ2) is 8.93. The van der Waals surface area contributed by atoms with Gasteiger partial charge in [0.1, 0.15) is 5.75 Å². The van der Waals surface area contributed by atoms with Crippen LogP contribution in [0.2, 0.25) is 0 Å². The summed E-state index contributed by atoms with van der Waals surface area (Å²) in [6, 6.07) is 16.5. The molecule has 0 N–H and O–H groups in total. The van der Waals surface area contributed by atoms with Gasteiger partial charge in [-0.3, -0.25) is 14.9 Å². The number of nitriles is 1. The fraction of sp³-hybridized carbons (Fsp3) is 0.0476. The van der Waals surface area contributed by atoms with E-state index in [0.717, 1.165) is 21.0 Å². The van der Waals surface area contributed by atoms with E-state index in [4.69, 9.17) is 10.00 Å². The summed E-state index contributed by atoms with van der Waals surface area (Å²) in [6.07, 6.45) is 1.38. The zero-order valence-electron chi connectivity index (χ0n) is 16.5. The van der Waals surface area contributed by atoms with Crippen LogP contribution in [-0.4, -0.2) is 29.1 Å². The van der Waals surface area contributed by atoms with Crippen molar-refractivity contribution in [3.8, 4) is 11.8 Å². The highest BCUT2D eigenvalue weighted by Crippen LogP contribution is 2.32. The maximum absolute atomic E-state index is 13.2. The van der Waals surface area contributed by atoms with Crippen molar-refractivity contribution in [2.75, 3.05) is 12.1 Å². The van der Waals surface area contributed by atoms with Crippen LogP contribution in [0.25, 0.3) is 10.2 Å². The van der Waals surface area contributed by atoms with Crippen LogP contribution in [-0.2, 0) is 0 Å². The molecule has 9 nitrogen and oxygen atoms in total. The zero-order chi connectivity index (χ0) is 22.7. The van der Waals surface area contributed by atoms with E-state index >= 15 is 0 Å². The number of thiophene rings is 1. The maximum atomic E-state index is 13.2. The molecule has 0 saturated heterocycles. The van der Waals surface area contributed by atoms with Gasteiger partial charge in [-0.25, -0.2) is 4.98 Å². The third-order valence-corrected chi connectivity index (χ3v) is 6.28. The summed E-state index contributed by atoms with van der Waals surface area (Å²) in [4.78, 5) is 28.7. The van der Waals surface area contributed by atoms with Gasteiger partial charge in [-0.1, -0.05) is 22.7 Å². The lowest BCUT2D eigenvalue weighted by molar-refractivity contribution is -0.380. The van der Waals surface area contributed by atoms with Gasteiger partial charge >= 0.3 is 5.00 Å². The van der Waals surface area contributed by atoms with E-state index in [0.29, 0.717) is 32.4 Å². The number of ether oxygens (including phenoxy) is 1. The first-order valence-corrected chi connectivity index (χ1v) is 10.7. The van der Waals surface area contributed by atoms with Crippen molar-refractivity contribution in [2.45, 2.75) is 0 Å². The number of methoxy groups -OCH3 is 1. The number of rotatable bonds is 6. The zero-order valence-corrected chi connectivity index (χ0v) is 18.1. The lowest BCUT2D eigenvalue weighted by Crippen LogP contribution is -2.25. The molecule has 0 spiro atoms. The van der Waals surface area contributed by atoms with Gasteiger partial charge in [-0.05, 0) is 48.5 Å². The van der Waals surface area contributed by atoms with Crippen molar-refractivity contribution in [2.24, 2.45) is 5.10 Å². The van der Waals surface area contributed by atoms with Crippen LogP contribution < -0.4 is 9.75 Å². The number of carbonyl (C=O) groups is 1. The van der Waals surface area contributed by atoms with Crippen LogP contribution in [0.5, 0.6) is 5.75 Å². The van der Waals surface area contributed by atoms with Crippen LogP contribution in [0.15, 0.2) is 59.7 Å². The van der Waals surface area contributed by atoms with Crippen molar-refractivity contribution in [1.29, 1.82) is 5.26 Å². The molecule has 0 aliphatic rings. The average Bonchev–Trinajstić information content (AvgIpc) is 3.46. The van der Waals surface area contributed by atoms with E-state index in [9.17, 15) is 14.9 Å². The van der Waals surface area contributed by atoms with Gasteiger partial charge in [-0.15, -0.1) is 0 Å². The Hall–Kier alpha value is -4.14. The quantitative estimate of drug-likeness (QED) is 0.229. The molecule has 0 aliphatic heterocycles. The highest BCUT2D eigenvalue weighted by Gasteiger charge is 2.21. The fourth-order valence-corrected chi connectivity index (χ4v) is 4.37. The Morgan fingerprint density at radius 3 is 2.66 bits per heavy atom. The van der Waals surface area contributed by atoms with Crippen molar-refractivity contribution < 1.29 is 14.5 Å². The van der Waals surface area contributed by atoms with Gasteiger partial charge in [0, 0.05) is 11.6 Å². The molecule has 0 atom stereocenters. The molecule has 2 aromatic carbocycles. The molecule has 0 unspecified atom stereocenters. The second-order valence-corrected chi connectivity index (χ2v) is 8.42. The summed E-state index contributed by atoms with van der Waals surface area (Å²) in [6.45, 7) is 0. The maximum Gasteiger partial charge on any atom is 0.324 e. The number of amides is 1. The number of anilines is 1. The lowest BCUT2D eigenvalue weighted by atomic mass is 10.1. The Morgan fingerprint density at radius 1 is 1.22 bits per heavy atom. The smallest absolute Gasteiger partial charge is 0.324 e. The molecular weight excluding hydrogens is 450 g/mol. The van der Waals surface area contributed by atoms with E-state index in [1.54, 1.807) is 37.4 Å². The van der Waals surface area contributed by atoms with E-state index in [1.807, 2.05) is 12.1 Å². The van der Waals surface area contributed by atoms with Gasteiger partial charge < -0.3 is 4.74 Å². The summed E-state index contributed by atoms with van der Waals surface area (Å²) in [5.74, 6) is 0.204. The molecule has 0 radical (unpaired) electrons. The predicted molar refractivity (Wildman–Crippen MR) is 123 cm³/mol. The van der Waals surface area contributed by atoms with E-state index < -0.39 is 10.8 Å². The minimum Gasteiger partial charge on any atom is -0.497 e. The highest BCUT2D eigenvalue weighted by molar-refractivity contribution is 7.22. The number of carbonyl (C=O) groups excluding carboxylic acids is 1. The third-order valence-electron chi connectivity index (χ3n) is 4.31. The number of nitrogens with zero attached hydrogens (tertiary/aromatic N) is 5. The number of fused-ring (bicyclic) bond motifs is 1. The number of hydrazone groups is 1. The molecule has 0 fully saturated rings. The van der Waals surface area contributed by atoms with Gasteiger partial charge in [0.25, 0.3) is 5.91 Å². The standard InChI is InChI=1S/C21H13N5O4S2/c1-30-15-6-8-17-18(10-15)32-21(24-17)25(20(27)14-4-2-13(11-22)3-5-14)23-12-16-7-9-19(31-16)26(28)29/h2-10,12H,1H3/b23-12+. The normalized spacial score (nSPS) is 10.9. The van der Waals surface area contributed by atoms with Crippen LogP contribution in [0.3, 0.4) is 0 Å². The summed E-state index contributed by atoms with van der Waals surface area (Å²) >= 11 is 2.20. The average molecular weight is 464 g/mol. The number of nitro groups is 1. The Labute approximate surface area is 189 Å². The Balaban J connectivity index is 1.74. The SMILES string of the molecule is COc1ccc2nc(N(/N=C/c3ccc([N+](=O)[O-])s3)C(=O)c3ccc(C#N)cc3)sc2c1. The molecular formula is C21H13N5O4S2. The Kier molecular flexibility index (Phi) is 5.89. The van der Waals surface area contributed by atoms with Crippen LogP contribution in [0, 0.1) is 21.4 Å². The molecule has 4 rings (SSSR count). The molecule has 2 heterocycles. The van der Waals surface area contributed by atoms with Crippen LogP contribution in [0.1, 0.15) is 20.8 Å². The number of hydrogen-bond donors (Lipinski definition) is 0. The van der Waals surface area contributed by atoms with Gasteiger partial charge in [0.2, 0.25) is 5.13 Å². The predicted octanol–water partition coefficient (Wildman–Crippen LogP) is 4.83. The number of thiazole rings is 1. The van der Waals surface area contributed by atoms with Crippen molar-refractivity contribution in [3.63, 3.8) is 0 Å². The molecule has 4 aromatic rings. The molecule has 2 aromatic heterocycles. The van der Waals surface area contributed by atoms with E-state index in [2.05, 4.69) is 10.1 Å². The largest absolute Gasteiger partial charge is 0.497 e. The molecule has 0 saturated carbocycles. The van der Waals surface area contributed by atoms with Crippen molar-refractivity contribution in [3.05, 3.63) is 80.7 Å². The summed E-state index contributed by atoms with van der Waals surface area (Å²) < 4.78 is 6.05. The minimum absolute atomic E-state index is 0.0245. The summed E-state index contributed by atoms with van der Waals surface area (Å²) in [5, 5.41) is 25.7. The first kappa shape index (κ1) is 21.1. The number of hydrogen-bond acceptors (Lipinski definition) is 9. The van der Waals surface area contributed by atoms with Gasteiger partial charge in [0.15, 0.2) is 0 Å².